The summed E-state index contributed by atoms with van der Waals surface area (Å²) in [5.41, 5.74) is 1.91. The lowest BCUT2D eigenvalue weighted by Crippen LogP contribution is -2.47. The van der Waals surface area contributed by atoms with Crippen LogP contribution in [0.15, 0.2) is 42.5 Å². The van der Waals surface area contributed by atoms with Crippen molar-refractivity contribution in [3.05, 3.63) is 58.1 Å². The zero-order valence-electron chi connectivity index (χ0n) is 17.0. The van der Waals surface area contributed by atoms with E-state index in [9.17, 15) is 9.59 Å². The molecule has 5 nitrogen and oxygen atoms in total. The molecule has 0 radical (unpaired) electrons. The molecule has 8 heteroatoms. The molecular weight excluding hydrogens is 441 g/mol. The van der Waals surface area contributed by atoms with Gasteiger partial charge in [-0.2, -0.15) is 11.8 Å². The first-order chi connectivity index (χ1) is 14.4. The minimum absolute atomic E-state index is 0.114. The van der Waals surface area contributed by atoms with Crippen LogP contribution in [0.25, 0.3) is 0 Å². The molecule has 0 aromatic heterocycles. The third kappa shape index (κ3) is 5.62. The Morgan fingerprint density at radius 1 is 1.03 bits per heavy atom. The number of hydrogen-bond acceptors (Lipinski definition) is 4. The second kappa shape index (κ2) is 10.4. The maximum absolute atomic E-state index is 12.9. The molecule has 1 heterocycles. The fourth-order valence-electron chi connectivity index (χ4n) is 3.26. The molecule has 1 unspecified atom stereocenters. The Kier molecular flexibility index (Phi) is 7.92. The van der Waals surface area contributed by atoms with Gasteiger partial charge in [-0.25, -0.2) is 0 Å². The van der Waals surface area contributed by atoms with Crippen molar-refractivity contribution in [1.82, 2.24) is 5.32 Å². The Morgan fingerprint density at radius 3 is 2.37 bits per heavy atom. The Bertz CT molecular complexity index is 917. The highest BCUT2D eigenvalue weighted by molar-refractivity contribution is 7.99. The summed E-state index contributed by atoms with van der Waals surface area (Å²) in [5.74, 6) is 1.36. The first kappa shape index (κ1) is 22.8. The summed E-state index contributed by atoms with van der Waals surface area (Å²) in [4.78, 5) is 27.8. The van der Waals surface area contributed by atoms with E-state index in [4.69, 9.17) is 23.2 Å². The van der Waals surface area contributed by atoms with E-state index in [1.807, 2.05) is 37.7 Å². The van der Waals surface area contributed by atoms with Crippen molar-refractivity contribution in [3.8, 4) is 0 Å². The Balaban J connectivity index is 1.69. The van der Waals surface area contributed by atoms with E-state index < -0.39 is 6.04 Å². The lowest BCUT2D eigenvalue weighted by atomic mass is 10.0. The van der Waals surface area contributed by atoms with Gasteiger partial charge in [0.05, 0.1) is 21.3 Å². The SMILES string of the molecule is CC(C)C(NC(=O)c1ccccc1Cl)C(=O)Nc1ccc(N2CCSCC2)c(Cl)c1. The van der Waals surface area contributed by atoms with Gasteiger partial charge in [0.1, 0.15) is 6.04 Å². The fraction of sp³-hybridized carbons (Fsp3) is 0.364. The monoisotopic (exact) mass is 465 g/mol. The number of carbonyl (C=O) groups is 2. The second-order valence-electron chi connectivity index (χ2n) is 7.43. The van der Waals surface area contributed by atoms with Crippen molar-refractivity contribution < 1.29 is 9.59 Å². The number of rotatable bonds is 6. The molecule has 1 fully saturated rings. The minimum Gasteiger partial charge on any atom is -0.369 e. The average Bonchev–Trinajstić information content (AvgIpc) is 2.72. The van der Waals surface area contributed by atoms with Gasteiger partial charge in [-0.3, -0.25) is 9.59 Å². The van der Waals surface area contributed by atoms with Crippen molar-refractivity contribution >= 4 is 58.2 Å². The number of anilines is 2. The number of hydrogen-bond donors (Lipinski definition) is 2. The predicted octanol–water partition coefficient (Wildman–Crippen LogP) is 4.94. The Hall–Kier alpha value is -1.89. The maximum Gasteiger partial charge on any atom is 0.253 e. The summed E-state index contributed by atoms with van der Waals surface area (Å²) in [6, 6.07) is 11.6. The molecule has 0 saturated carbocycles. The second-order valence-corrected chi connectivity index (χ2v) is 9.47. The highest BCUT2D eigenvalue weighted by Crippen LogP contribution is 2.30. The molecule has 0 aliphatic carbocycles. The molecule has 2 amide bonds. The highest BCUT2D eigenvalue weighted by atomic mass is 35.5. The smallest absolute Gasteiger partial charge is 0.253 e. The number of benzene rings is 2. The Morgan fingerprint density at radius 2 is 1.73 bits per heavy atom. The zero-order chi connectivity index (χ0) is 21.7. The van der Waals surface area contributed by atoms with Crippen LogP contribution in [0.1, 0.15) is 24.2 Å². The molecule has 3 rings (SSSR count). The first-order valence-electron chi connectivity index (χ1n) is 9.85. The van der Waals surface area contributed by atoms with Crippen LogP contribution in [0.4, 0.5) is 11.4 Å². The van der Waals surface area contributed by atoms with Crippen molar-refractivity contribution in [2.75, 3.05) is 34.8 Å². The number of nitrogens with zero attached hydrogens (tertiary/aromatic N) is 1. The summed E-state index contributed by atoms with van der Waals surface area (Å²) in [7, 11) is 0. The molecule has 2 N–H and O–H groups in total. The number of nitrogens with one attached hydrogen (secondary N) is 2. The molecule has 1 aliphatic heterocycles. The molecule has 2 aromatic rings. The molecular formula is C22H25Cl2N3O2S. The van der Waals surface area contributed by atoms with Crippen molar-refractivity contribution in [2.24, 2.45) is 5.92 Å². The molecule has 0 bridgehead atoms. The summed E-state index contributed by atoms with van der Waals surface area (Å²) in [5, 5.41) is 6.61. The minimum atomic E-state index is -0.716. The topological polar surface area (TPSA) is 61.4 Å². The molecule has 1 atom stereocenters. The third-order valence-corrected chi connectivity index (χ3v) is 6.50. The van der Waals surface area contributed by atoms with Crippen LogP contribution in [0.3, 0.4) is 0 Å². The van der Waals surface area contributed by atoms with Crippen LogP contribution >= 0.6 is 35.0 Å². The molecule has 160 valence electrons. The lowest BCUT2D eigenvalue weighted by molar-refractivity contribution is -0.118. The van der Waals surface area contributed by atoms with Gasteiger partial charge in [-0.1, -0.05) is 49.2 Å². The first-order valence-corrected chi connectivity index (χ1v) is 11.8. The van der Waals surface area contributed by atoms with Gasteiger partial charge in [-0.15, -0.1) is 0 Å². The van der Waals surface area contributed by atoms with E-state index in [0.717, 1.165) is 30.3 Å². The predicted molar refractivity (Wildman–Crippen MR) is 127 cm³/mol. The van der Waals surface area contributed by atoms with Crippen molar-refractivity contribution in [2.45, 2.75) is 19.9 Å². The van der Waals surface area contributed by atoms with E-state index in [0.29, 0.717) is 21.3 Å². The van der Waals surface area contributed by atoms with E-state index in [1.54, 1.807) is 30.3 Å². The van der Waals surface area contributed by atoms with Crippen LogP contribution in [-0.2, 0) is 4.79 Å². The molecule has 0 spiro atoms. The van der Waals surface area contributed by atoms with Gasteiger partial charge in [0.15, 0.2) is 0 Å². The number of thioether (sulfide) groups is 1. The standard InChI is InChI=1S/C22H25Cl2N3O2S/c1-14(2)20(26-21(28)16-5-3-4-6-17(16)23)22(29)25-15-7-8-19(18(24)13-15)27-9-11-30-12-10-27/h3-8,13-14,20H,9-12H2,1-2H3,(H,25,29)(H,26,28). The summed E-state index contributed by atoms with van der Waals surface area (Å²) in [6.45, 7) is 5.67. The van der Waals surface area contributed by atoms with E-state index in [1.165, 1.54) is 0 Å². The van der Waals surface area contributed by atoms with Crippen molar-refractivity contribution in [1.29, 1.82) is 0 Å². The van der Waals surface area contributed by atoms with Crippen LogP contribution in [0, 0.1) is 5.92 Å². The highest BCUT2D eigenvalue weighted by Gasteiger charge is 2.26. The number of amides is 2. The van der Waals surface area contributed by atoms with Gasteiger partial charge >= 0.3 is 0 Å². The molecule has 1 aliphatic rings. The van der Waals surface area contributed by atoms with E-state index in [2.05, 4.69) is 15.5 Å². The van der Waals surface area contributed by atoms with Crippen LogP contribution in [-0.4, -0.2) is 42.5 Å². The van der Waals surface area contributed by atoms with Crippen LogP contribution < -0.4 is 15.5 Å². The van der Waals surface area contributed by atoms with E-state index in [-0.39, 0.29) is 17.7 Å². The van der Waals surface area contributed by atoms with Crippen molar-refractivity contribution in [3.63, 3.8) is 0 Å². The number of carbonyl (C=O) groups excluding carboxylic acids is 2. The maximum atomic E-state index is 12.9. The van der Waals surface area contributed by atoms with Gasteiger partial charge in [0, 0.05) is 30.3 Å². The lowest BCUT2D eigenvalue weighted by Gasteiger charge is -2.29. The largest absolute Gasteiger partial charge is 0.369 e. The summed E-state index contributed by atoms with van der Waals surface area (Å²) >= 11 is 14.5. The molecule has 30 heavy (non-hydrogen) atoms. The summed E-state index contributed by atoms with van der Waals surface area (Å²) < 4.78 is 0. The van der Waals surface area contributed by atoms with E-state index >= 15 is 0 Å². The van der Waals surface area contributed by atoms with Crippen LogP contribution in [0.5, 0.6) is 0 Å². The average molecular weight is 466 g/mol. The van der Waals surface area contributed by atoms with Crippen LogP contribution in [0.2, 0.25) is 10.0 Å². The molecule has 1 saturated heterocycles. The summed E-state index contributed by atoms with van der Waals surface area (Å²) in [6.07, 6.45) is 0. The van der Waals surface area contributed by atoms with Gasteiger partial charge in [-0.05, 0) is 36.2 Å². The van der Waals surface area contributed by atoms with Gasteiger partial charge in [0.25, 0.3) is 5.91 Å². The van der Waals surface area contributed by atoms with Gasteiger partial charge < -0.3 is 15.5 Å². The quantitative estimate of drug-likeness (QED) is 0.633. The normalized spacial score (nSPS) is 15.0. The Labute approximate surface area is 191 Å². The zero-order valence-corrected chi connectivity index (χ0v) is 19.3. The van der Waals surface area contributed by atoms with Gasteiger partial charge in [0.2, 0.25) is 5.91 Å². The third-order valence-electron chi connectivity index (χ3n) is 4.92. The fourth-order valence-corrected chi connectivity index (χ4v) is 4.69. The number of halogens is 2. The molecule has 2 aromatic carbocycles.